The van der Waals surface area contributed by atoms with Crippen molar-refractivity contribution < 1.29 is 14.1 Å². The Balaban J connectivity index is 1.68. The van der Waals surface area contributed by atoms with E-state index in [1.165, 1.54) is 18.4 Å². The maximum Gasteiger partial charge on any atom is 0.348 e. The summed E-state index contributed by atoms with van der Waals surface area (Å²) >= 11 is 1.29. The fourth-order valence-electron chi connectivity index (χ4n) is 3.02. The molecule has 1 aromatic carbocycles. The van der Waals surface area contributed by atoms with Crippen molar-refractivity contribution in [3.63, 3.8) is 0 Å². The number of aryl methyl sites for hydroxylation is 2. The average Bonchev–Trinajstić information content (AvgIpc) is 3.33. The molecule has 29 heavy (non-hydrogen) atoms. The topological polar surface area (TPSA) is 103 Å². The van der Waals surface area contributed by atoms with Crippen LogP contribution in [-0.2, 0) is 4.74 Å². The van der Waals surface area contributed by atoms with E-state index in [0.717, 1.165) is 21.3 Å². The van der Waals surface area contributed by atoms with Crippen molar-refractivity contribution in [3.05, 3.63) is 52.4 Å². The second kappa shape index (κ2) is 7.59. The minimum Gasteiger partial charge on any atom is -0.465 e. The van der Waals surface area contributed by atoms with E-state index < -0.39 is 0 Å². The summed E-state index contributed by atoms with van der Waals surface area (Å²) in [7, 11) is 1.37. The summed E-state index contributed by atoms with van der Waals surface area (Å²) in [5.74, 6) is 1.80. The monoisotopic (exact) mass is 409 g/mol. The molecule has 4 rings (SSSR count). The smallest absolute Gasteiger partial charge is 0.348 e. The fourth-order valence-corrected chi connectivity index (χ4v) is 4.16. The van der Waals surface area contributed by atoms with Crippen molar-refractivity contribution in [1.82, 2.24) is 20.1 Å². The normalized spacial score (nSPS) is 12.1. The van der Waals surface area contributed by atoms with Gasteiger partial charge in [-0.2, -0.15) is 4.98 Å². The average molecular weight is 409 g/mol. The number of benzene rings is 1. The predicted octanol–water partition coefficient (Wildman–Crippen LogP) is 4.32. The first-order valence-electron chi connectivity index (χ1n) is 8.99. The number of thiophene rings is 1. The molecule has 0 saturated carbocycles. The van der Waals surface area contributed by atoms with E-state index in [-0.39, 0.29) is 12.0 Å². The van der Waals surface area contributed by atoms with E-state index in [4.69, 9.17) is 9.26 Å². The first-order valence-corrected chi connectivity index (χ1v) is 9.81. The fraction of sp³-hybridized carbons (Fsp3) is 0.250. The molecule has 0 radical (unpaired) electrons. The van der Waals surface area contributed by atoms with Crippen LogP contribution >= 0.6 is 11.3 Å². The van der Waals surface area contributed by atoms with Crippen LogP contribution in [0, 0.1) is 13.8 Å². The predicted molar refractivity (Wildman–Crippen MR) is 110 cm³/mol. The quantitative estimate of drug-likeness (QED) is 0.486. The third-order valence-electron chi connectivity index (χ3n) is 4.48. The number of carbonyl (C=O) groups excluding carboxylic acids is 1. The Morgan fingerprint density at radius 3 is 2.66 bits per heavy atom. The lowest BCUT2D eigenvalue weighted by molar-refractivity contribution is 0.0605. The highest BCUT2D eigenvalue weighted by Gasteiger charge is 2.22. The van der Waals surface area contributed by atoms with Gasteiger partial charge in [0.1, 0.15) is 21.3 Å². The highest BCUT2D eigenvalue weighted by Crippen LogP contribution is 2.35. The first-order chi connectivity index (χ1) is 14.0. The summed E-state index contributed by atoms with van der Waals surface area (Å²) in [5.41, 5.74) is 1.64. The van der Waals surface area contributed by atoms with Gasteiger partial charge in [-0.25, -0.2) is 14.8 Å². The molecule has 0 spiro atoms. The molecule has 0 aliphatic rings. The van der Waals surface area contributed by atoms with Gasteiger partial charge < -0.3 is 14.6 Å². The summed E-state index contributed by atoms with van der Waals surface area (Å²) in [6.45, 7) is 5.59. The number of carbonyl (C=O) groups is 1. The molecule has 0 fully saturated rings. The van der Waals surface area contributed by atoms with E-state index in [0.29, 0.717) is 28.2 Å². The van der Waals surface area contributed by atoms with Crippen molar-refractivity contribution >= 4 is 33.3 Å². The first kappa shape index (κ1) is 19.0. The number of hydrogen-bond donors (Lipinski definition) is 1. The van der Waals surface area contributed by atoms with E-state index in [1.807, 2.05) is 51.1 Å². The van der Waals surface area contributed by atoms with Crippen molar-refractivity contribution in [2.45, 2.75) is 26.8 Å². The van der Waals surface area contributed by atoms with Crippen LogP contribution in [0.25, 0.3) is 21.7 Å². The number of nitrogens with one attached hydrogen (secondary N) is 1. The van der Waals surface area contributed by atoms with E-state index >= 15 is 0 Å². The van der Waals surface area contributed by atoms with Gasteiger partial charge in [-0.1, -0.05) is 23.4 Å². The van der Waals surface area contributed by atoms with Crippen LogP contribution in [0.15, 0.2) is 34.9 Å². The lowest BCUT2D eigenvalue weighted by atomic mass is 10.2. The van der Waals surface area contributed by atoms with Crippen molar-refractivity contribution in [2.24, 2.45) is 0 Å². The molecular weight excluding hydrogens is 390 g/mol. The number of aromatic nitrogens is 4. The molecule has 9 heteroatoms. The second-order valence-corrected chi connectivity index (χ2v) is 7.54. The summed E-state index contributed by atoms with van der Waals surface area (Å²) in [6.07, 6.45) is 0. The number of rotatable bonds is 5. The molecular formula is C20H19N5O3S. The molecule has 1 atom stereocenters. The van der Waals surface area contributed by atoms with Gasteiger partial charge in [0.25, 0.3) is 5.89 Å². The second-order valence-electron chi connectivity index (χ2n) is 6.54. The summed E-state index contributed by atoms with van der Waals surface area (Å²) in [4.78, 5) is 26.8. The highest BCUT2D eigenvalue weighted by molar-refractivity contribution is 7.20. The number of fused-ring (bicyclic) bond motifs is 1. The Kier molecular flexibility index (Phi) is 4.98. The summed E-state index contributed by atoms with van der Waals surface area (Å²) < 4.78 is 10.3. The molecule has 1 unspecified atom stereocenters. The van der Waals surface area contributed by atoms with Crippen LogP contribution in [0.3, 0.4) is 0 Å². The SMILES string of the molecule is COC(=O)c1sc2nc(C)nc(NC(C)c3noc(-c4ccccc4)n3)c2c1C. The van der Waals surface area contributed by atoms with Crippen LogP contribution in [0.4, 0.5) is 5.82 Å². The molecule has 3 heterocycles. The highest BCUT2D eigenvalue weighted by atomic mass is 32.1. The Hall–Kier alpha value is -3.33. The van der Waals surface area contributed by atoms with Gasteiger partial charge in [-0.15, -0.1) is 11.3 Å². The molecule has 3 aromatic heterocycles. The number of hydrogen-bond acceptors (Lipinski definition) is 9. The Morgan fingerprint density at radius 2 is 1.93 bits per heavy atom. The molecule has 4 aromatic rings. The lowest BCUT2D eigenvalue weighted by Gasteiger charge is -2.12. The molecule has 8 nitrogen and oxygen atoms in total. The van der Waals surface area contributed by atoms with Gasteiger partial charge in [0.2, 0.25) is 0 Å². The van der Waals surface area contributed by atoms with Crippen molar-refractivity contribution in [3.8, 4) is 11.5 Å². The van der Waals surface area contributed by atoms with Gasteiger partial charge in [0.05, 0.1) is 18.5 Å². The largest absolute Gasteiger partial charge is 0.465 e. The van der Waals surface area contributed by atoms with Gasteiger partial charge in [0, 0.05) is 5.56 Å². The number of ether oxygens (including phenoxy) is 1. The third kappa shape index (κ3) is 3.56. The summed E-state index contributed by atoms with van der Waals surface area (Å²) in [5, 5.41) is 8.22. The molecule has 0 amide bonds. The zero-order valence-electron chi connectivity index (χ0n) is 16.4. The van der Waals surface area contributed by atoms with Gasteiger partial charge in [-0.05, 0) is 38.5 Å². The van der Waals surface area contributed by atoms with Crippen LogP contribution in [-0.4, -0.2) is 33.2 Å². The van der Waals surface area contributed by atoms with Crippen molar-refractivity contribution in [1.29, 1.82) is 0 Å². The van der Waals surface area contributed by atoms with Crippen LogP contribution < -0.4 is 5.32 Å². The van der Waals surface area contributed by atoms with Gasteiger partial charge >= 0.3 is 5.97 Å². The number of anilines is 1. The molecule has 148 valence electrons. The Morgan fingerprint density at radius 1 is 1.17 bits per heavy atom. The maximum absolute atomic E-state index is 12.1. The zero-order valence-corrected chi connectivity index (χ0v) is 17.2. The standard InChI is InChI=1S/C20H19N5O3S/c1-10-14-17(22-12(3)23-19(14)29-15(10)20(26)27-4)21-11(2)16-24-18(28-25-16)13-8-6-5-7-9-13/h5-9,11H,1-4H3,(H,21,22,23). The van der Waals surface area contributed by atoms with Crippen LogP contribution in [0.5, 0.6) is 0 Å². The minimum absolute atomic E-state index is 0.269. The molecule has 0 aliphatic carbocycles. The lowest BCUT2D eigenvalue weighted by Crippen LogP contribution is -2.11. The molecule has 0 bridgehead atoms. The molecule has 0 saturated heterocycles. The Bertz CT molecular complexity index is 1190. The molecule has 0 aliphatic heterocycles. The van der Waals surface area contributed by atoms with Crippen LogP contribution in [0.2, 0.25) is 0 Å². The number of nitrogens with zero attached hydrogens (tertiary/aromatic N) is 4. The third-order valence-corrected chi connectivity index (χ3v) is 5.64. The van der Waals surface area contributed by atoms with E-state index in [1.54, 1.807) is 0 Å². The molecule has 1 N–H and O–H groups in total. The van der Waals surface area contributed by atoms with Gasteiger partial charge in [0.15, 0.2) is 5.82 Å². The zero-order chi connectivity index (χ0) is 20.5. The van der Waals surface area contributed by atoms with Crippen molar-refractivity contribution in [2.75, 3.05) is 12.4 Å². The number of methoxy groups -OCH3 is 1. The number of esters is 1. The van der Waals surface area contributed by atoms with Crippen LogP contribution in [0.1, 0.15) is 39.8 Å². The maximum atomic E-state index is 12.1. The van der Waals surface area contributed by atoms with E-state index in [9.17, 15) is 4.79 Å². The van der Waals surface area contributed by atoms with E-state index in [2.05, 4.69) is 25.4 Å². The summed E-state index contributed by atoms with van der Waals surface area (Å²) in [6, 6.07) is 9.32. The van der Waals surface area contributed by atoms with Gasteiger partial charge in [-0.3, -0.25) is 0 Å². The minimum atomic E-state index is -0.382. The Labute approximate surface area is 171 Å².